The van der Waals surface area contributed by atoms with E-state index in [1.807, 2.05) is 0 Å². The fourth-order valence-corrected chi connectivity index (χ4v) is 4.84. The van der Waals surface area contributed by atoms with Gasteiger partial charge in [-0.2, -0.15) is 0 Å². The van der Waals surface area contributed by atoms with Crippen molar-refractivity contribution >= 4 is 52.7 Å². The maximum atomic E-state index is 12.6. The van der Waals surface area contributed by atoms with E-state index in [0.717, 1.165) is 9.80 Å². The number of Topliss-reactive ketones (excluding diaryl/α,β-unsaturated/α-hetero) is 1. The molecule has 11 nitrogen and oxygen atoms in total. The molecule has 4 aromatic rings. The fourth-order valence-electron chi connectivity index (χ4n) is 4.84. The second-order valence-corrected chi connectivity index (χ2v) is 9.77. The van der Waals surface area contributed by atoms with Gasteiger partial charge in [0.05, 0.1) is 44.8 Å². The molecule has 0 aromatic heterocycles. The Labute approximate surface area is 249 Å². The van der Waals surface area contributed by atoms with Crippen molar-refractivity contribution < 1.29 is 43.0 Å². The number of amides is 4. The maximum Gasteiger partial charge on any atom is 0.338 e. The number of carbonyl (C=O) groups is 7. The highest BCUT2D eigenvalue weighted by Crippen LogP contribution is 2.29. The smallest absolute Gasteiger partial charge is 0.338 e. The van der Waals surface area contributed by atoms with E-state index in [9.17, 15) is 33.6 Å². The van der Waals surface area contributed by atoms with Gasteiger partial charge in [-0.05, 0) is 72.8 Å². The number of imide groups is 2. The second-order valence-electron chi connectivity index (χ2n) is 9.77. The van der Waals surface area contributed by atoms with Crippen LogP contribution < -0.4 is 9.80 Å². The van der Waals surface area contributed by atoms with Crippen LogP contribution in [0.1, 0.15) is 62.1 Å². The van der Waals surface area contributed by atoms with E-state index in [4.69, 9.17) is 9.47 Å². The Kier molecular flexibility index (Phi) is 7.12. The van der Waals surface area contributed by atoms with Crippen LogP contribution in [-0.4, -0.2) is 54.6 Å². The first-order chi connectivity index (χ1) is 21.2. The normalized spacial score (nSPS) is 13.5. The molecule has 6 rings (SSSR count). The number of hydrogen-bond acceptors (Lipinski definition) is 9. The molecular weight excluding hydrogens is 568 g/mol. The number of ketones is 1. The molecule has 0 radical (unpaired) electrons. The van der Waals surface area contributed by atoms with Gasteiger partial charge in [-0.3, -0.25) is 24.0 Å². The third-order valence-electron chi connectivity index (χ3n) is 7.04. The van der Waals surface area contributed by atoms with Crippen LogP contribution in [0.3, 0.4) is 0 Å². The lowest BCUT2D eigenvalue weighted by Gasteiger charge is -2.14. The lowest BCUT2D eigenvalue weighted by atomic mass is 10.1. The Morgan fingerprint density at radius 2 is 0.750 bits per heavy atom. The predicted octanol–water partition coefficient (Wildman–Crippen LogP) is 3.87. The topological polar surface area (TPSA) is 144 Å². The summed E-state index contributed by atoms with van der Waals surface area (Å²) < 4.78 is 10.0. The molecule has 0 spiro atoms. The maximum absolute atomic E-state index is 12.6. The number of carbonyl (C=O) groups excluding carboxylic acids is 7. The Morgan fingerprint density at radius 3 is 1.05 bits per heavy atom. The van der Waals surface area contributed by atoms with E-state index in [-0.39, 0.29) is 22.5 Å². The van der Waals surface area contributed by atoms with Gasteiger partial charge >= 0.3 is 11.9 Å². The molecule has 0 bridgehead atoms. The van der Waals surface area contributed by atoms with E-state index in [2.05, 4.69) is 0 Å². The summed E-state index contributed by atoms with van der Waals surface area (Å²) in [6.45, 7) is -1.32. The van der Waals surface area contributed by atoms with Crippen molar-refractivity contribution in [3.8, 4) is 0 Å². The molecule has 0 saturated carbocycles. The number of nitrogens with zero attached hydrogens (tertiary/aromatic N) is 2. The summed E-state index contributed by atoms with van der Waals surface area (Å²) in [7, 11) is 0. The van der Waals surface area contributed by atoms with Gasteiger partial charge in [0.1, 0.15) is 0 Å². The molecule has 216 valence electrons. The largest absolute Gasteiger partial charge is 0.454 e. The molecule has 11 heteroatoms. The first-order valence-corrected chi connectivity index (χ1v) is 13.3. The summed E-state index contributed by atoms with van der Waals surface area (Å²) in [6, 6.07) is 24.0. The Balaban J connectivity index is 0.990. The van der Waals surface area contributed by atoms with Crippen molar-refractivity contribution in [2.75, 3.05) is 23.0 Å². The number of benzene rings is 4. The first-order valence-electron chi connectivity index (χ1n) is 13.3. The van der Waals surface area contributed by atoms with E-state index in [1.165, 1.54) is 48.5 Å². The average molecular weight is 589 g/mol. The van der Waals surface area contributed by atoms with Gasteiger partial charge in [0.25, 0.3) is 23.6 Å². The summed E-state index contributed by atoms with van der Waals surface area (Å²) >= 11 is 0. The van der Waals surface area contributed by atoms with E-state index in [1.54, 1.807) is 48.5 Å². The Morgan fingerprint density at radius 1 is 0.455 bits per heavy atom. The number of esters is 2. The zero-order chi connectivity index (χ0) is 31.0. The molecule has 44 heavy (non-hydrogen) atoms. The van der Waals surface area contributed by atoms with Gasteiger partial charge in [-0.15, -0.1) is 0 Å². The van der Waals surface area contributed by atoms with Gasteiger partial charge in [0.15, 0.2) is 13.2 Å². The van der Waals surface area contributed by atoms with Crippen LogP contribution in [0.15, 0.2) is 97.1 Å². The number of rotatable bonds is 8. The Hall–Kier alpha value is -6.23. The van der Waals surface area contributed by atoms with E-state index < -0.39 is 54.6 Å². The molecular formula is C33H20N2O9. The van der Waals surface area contributed by atoms with Gasteiger partial charge < -0.3 is 9.47 Å². The lowest BCUT2D eigenvalue weighted by molar-refractivity contribution is -0.125. The standard InChI is InChI=1S/C33H20N2O9/c36-23(17-43-32(41)19-9-13-21(14-10-19)34-28(37)24-5-1-2-6-25(24)29(34)38)18-44-33(42)20-11-15-22(16-12-20)35-30(39)26-7-3-4-8-27(26)31(35)40/h1-16H,17-18H2. The zero-order valence-electron chi connectivity index (χ0n) is 22.7. The monoisotopic (exact) mass is 588 g/mol. The molecule has 4 amide bonds. The first kappa shape index (κ1) is 27.9. The van der Waals surface area contributed by atoms with Crippen molar-refractivity contribution in [1.29, 1.82) is 0 Å². The number of anilines is 2. The molecule has 0 fully saturated rings. The molecule has 0 aliphatic carbocycles. The van der Waals surface area contributed by atoms with E-state index >= 15 is 0 Å². The van der Waals surface area contributed by atoms with Crippen LogP contribution in [0.2, 0.25) is 0 Å². The summed E-state index contributed by atoms with van der Waals surface area (Å²) in [6.07, 6.45) is 0. The predicted molar refractivity (Wildman–Crippen MR) is 154 cm³/mol. The van der Waals surface area contributed by atoms with Crippen LogP contribution >= 0.6 is 0 Å². The molecule has 0 atom stereocenters. The minimum Gasteiger partial charge on any atom is -0.454 e. The van der Waals surface area contributed by atoms with Crippen molar-refractivity contribution in [2.24, 2.45) is 0 Å². The summed E-state index contributed by atoms with van der Waals surface area (Å²) in [5.74, 6) is -4.24. The van der Waals surface area contributed by atoms with Crippen LogP contribution in [0, 0.1) is 0 Å². The molecule has 2 aliphatic heterocycles. The number of fused-ring (bicyclic) bond motifs is 2. The highest BCUT2D eigenvalue weighted by Gasteiger charge is 2.37. The van der Waals surface area contributed by atoms with Gasteiger partial charge in [0.2, 0.25) is 5.78 Å². The number of ether oxygens (including phenoxy) is 2. The highest BCUT2D eigenvalue weighted by molar-refractivity contribution is 6.35. The molecule has 2 heterocycles. The third kappa shape index (κ3) is 4.92. The van der Waals surface area contributed by atoms with Gasteiger partial charge in [-0.1, -0.05) is 24.3 Å². The summed E-state index contributed by atoms with van der Waals surface area (Å²) in [4.78, 5) is 89.7. The third-order valence-corrected chi connectivity index (χ3v) is 7.04. The second kappa shape index (κ2) is 11.2. The molecule has 0 N–H and O–H groups in total. The Bertz CT molecular complexity index is 1690. The minimum absolute atomic E-state index is 0.0771. The summed E-state index contributed by atoms with van der Waals surface area (Å²) in [5.41, 5.74) is 1.86. The van der Waals surface area contributed by atoms with Crippen LogP contribution in [-0.2, 0) is 14.3 Å². The van der Waals surface area contributed by atoms with Crippen molar-refractivity contribution in [2.45, 2.75) is 0 Å². The fraction of sp³-hybridized carbons (Fsp3) is 0.0606. The summed E-state index contributed by atoms with van der Waals surface area (Å²) in [5, 5.41) is 0. The van der Waals surface area contributed by atoms with Gasteiger partial charge in [0, 0.05) is 0 Å². The molecule has 2 aliphatic rings. The molecule has 4 aromatic carbocycles. The minimum atomic E-state index is -0.831. The average Bonchev–Trinajstić information content (AvgIpc) is 3.46. The van der Waals surface area contributed by atoms with Crippen molar-refractivity contribution in [1.82, 2.24) is 0 Å². The molecule has 0 unspecified atom stereocenters. The SMILES string of the molecule is O=C(COC(=O)c1ccc(N2C(=O)c3ccccc3C2=O)cc1)COC(=O)c1ccc(N2C(=O)c3ccccc3C2=O)cc1. The molecule has 0 saturated heterocycles. The van der Waals surface area contributed by atoms with Crippen molar-refractivity contribution in [3.63, 3.8) is 0 Å². The van der Waals surface area contributed by atoms with Crippen molar-refractivity contribution in [3.05, 3.63) is 130 Å². The van der Waals surface area contributed by atoms with E-state index in [0.29, 0.717) is 22.3 Å². The lowest BCUT2D eigenvalue weighted by Crippen LogP contribution is -2.29. The quantitative estimate of drug-likeness (QED) is 0.221. The van der Waals surface area contributed by atoms with Crippen LogP contribution in [0.4, 0.5) is 11.4 Å². The zero-order valence-corrected chi connectivity index (χ0v) is 22.7. The van der Waals surface area contributed by atoms with Crippen LogP contribution in [0.5, 0.6) is 0 Å². The highest BCUT2D eigenvalue weighted by atomic mass is 16.6. The van der Waals surface area contributed by atoms with Gasteiger partial charge in [-0.25, -0.2) is 19.4 Å². The van der Waals surface area contributed by atoms with Crippen LogP contribution in [0.25, 0.3) is 0 Å². The number of hydrogen-bond donors (Lipinski definition) is 0.